The highest BCUT2D eigenvalue weighted by Crippen LogP contribution is 2.22. The maximum atomic E-state index is 11.8. The Hall–Kier alpha value is -1.35. The molecule has 1 aromatic carbocycles. The fourth-order valence-electron chi connectivity index (χ4n) is 1.57. The topological polar surface area (TPSA) is 46.5 Å². The molecule has 1 rings (SSSR count). The number of benzene rings is 1. The zero-order valence-electron chi connectivity index (χ0n) is 9.77. The third kappa shape index (κ3) is 3.35. The third-order valence-corrected chi connectivity index (χ3v) is 2.32. The van der Waals surface area contributed by atoms with E-state index < -0.39 is 6.10 Å². The van der Waals surface area contributed by atoms with Gasteiger partial charge in [0, 0.05) is 13.0 Å². The summed E-state index contributed by atoms with van der Waals surface area (Å²) in [5.41, 5.74) is 0.804. The van der Waals surface area contributed by atoms with Gasteiger partial charge in [0.15, 0.2) is 5.78 Å². The van der Waals surface area contributed by atoms with Crippen LogP contribution in [-0.2, 0) is 9.53 Å². The third-order valence-electron chi connectivity index (χ3n) is 2.32. The minimum atomic E-state index is -0.495. The Morgan fingerprint density at radius 2 is 1.94 bits per heavy atom. The smallest absolute Gasteiger partial charge is 0.166 e. The lowest BCUT2D eigenvalue weighted by Gasteiger charge is -2.15. The van der Waals surface area contributed by atoms with E-state index in [1.54, 1.807) is 24.3 Å². The second-order valence-corrected chi connectivity index (χ2v) is 3.64. The Labute approximate surface area is 96.1 Å². The Kier molecular flexibility index (Phi) is 4.99. The van der Waals surface area contributed by atoms with Crippen LogP contribution in [0.4, 0.5) is 0 Å². The lowest BCUT2D eigenvalue weighted by Crippen LogP contribution is -2.15. The zero-order chi connectivity index (χ0) is 12.0. The first-order valence-corrected chi connectivity index (χ1v) is 5.62. The zero-order valence-corrected chi connectivity index (χ0v) is 9.77. The van der Waals surface area contributed by atoms with Crippen LogP contribution in [0.2, 0.25) is 0 Å². The van der Waals surface area contributed by atoms with Gasteiger partial charge in [0.05, 0.1) is 0 Å². The molecule has 0 saturated carbocycles. The highest BCUT2D eigenvalue weighted by atomic mass is 16.5. The van der Waals surface area contributed by atoms with Crippen LogP contribution >= 0.6 is 0 Å². The summed E-state index contributed by atoms with van der Waals surface area (Å²) in [7, 11) is 0. The van der Waals surface area contributed by atoms with Crippen molar-refractivity contribution in [1.82, 2.24) is 0 Å². The number of hydrogen-bond acceptors (Lipinski definition) is 3. The van der Waals surface area contributed by atoms with Gasteiger partial charge < -0.3 is 9.84 Å². The molecule has 0 aliphatic rings. The average molecular weight is 222 g/mol. The molecule has 1 unspecified atom stereocenters. The Morgan fingerprint density at radius 3 is 2.44 bits per heavy atom. The standard InChI is InChI=1S/C13H18O3/c1-3-5-12(15)13(16-4-2)10-6-8-11(14)9-7-10/h6-9,13-14H,3-5H2,1-2H3. The quantitative estimate of drug-likeness (QED) is 0.805. The van der Waals surface area contributed by atoms with Crippen molar-refractivity contribution in [3.63, 3.8) is 0 Å². The molecule has 16 heavy (non-hydrogen) atoms. The SMILES string of the molecule is CCCC(=O)C(OCC)c1ccc(O)cc1. The number of ether oxygens (including phenoxy) is 1. The van der Waals surface area contributed by atoms with Crippen molar-refractivity contribution >= 4 is 5.78 Å². The van der Waals surface area contributed by atoms with Gasteiger partial charge in [-0.15, -0.1) is 0 Å². The fraction of sp³-hybridized carbons (Fsp3) is 0.462. The van der Waals surface area contributed by atoms with Crippen LogP contribution in [0.5, 0.6) is 5.75 Å². The molecule has 1 N–H and O–H groups in total. The van der Waals surface area contributed by atoms with Crippen LogP contribution in [0.1, 0.15) is 38.4 Å². The van der Waals surface area contributed by atoms with Crippen molar-refractivity contribution in [3.05, 3.63) is 29.8 Å². The van der Waals surface area contributed by atoms with Gasteiger partial charge in [-0.25, -0.2) is 0 Å². The molecular weight excluding hydrogens is 204 g/mol. The number of ketones is 1. The molecule has 0 bridgehead atoms. The van der Waals surface area contributed by atoms with Crippen LogP contribution < -0.4 is 0 Å². The molecule has 0 aliphatic carbocycles. The van der Waals surface area contributed by atoms with Crippen molar-refractivity contribution in [1.29, 1.82) is 0 Å². The van der Waals surface area contributed by atoms with Gasteiger partial charge >= 0.3 is 0 Å². The van der Waals surface area contributed by atoms with Crippen LogP contribution in [0, 0.1) is 0 Å². The lowest BCUT2D eigenvalue weighted by atomic mass is 10.0. The predicted octanol–water partition coefficient (Wildman–Crippen LogP) is 2.84. The number of aromatic hydroxyl groups is 1. The Bertz CT molecular complexity index is 330. The highest BCUT2D eigenvalue weighted by Gasteiger charge is 2.19. The molecule has 0 amide bonds. The van der Waals surface area contributed by atoms with Gasteiger partial charge in [-0.2, -0.15) is 0 Å². The Morgan fingerprint density at radius 1 is 1.31 bits per heavy atom. The number of carbonyl (C=O) groups excluding carboxylic acids is 1. The minimum Gasteiger partial charge on any atom is -0.508 e. The molecule has 3 nitrogen and oxygen atoms in total. The van der Waals surface area contributed by atoms with Gasteiger partial charge in [-0.3, -0.25) is 4.79 Å². The average Bonchev–Trinajstić information content (AvgIpc) is 2.28. The molecule has 0 aromatic heterocycles. The maximum Gasteiger partial charge on any atom is 0.166 e. The summed E-state index contributed by atoms with van der Waals surface area (Å²) < 4.78 is 5.45. The molecule has 1 aromatic rings. The lowest BCUT2D eigenvalue weighted by molar-refractivity contribution is -0.130. The first-order valence-electron chi connectivity index (χ1n) is 5.62. The largest absolute Gasteiger partial charge is 0.508 e. The van der Waals surface area contributed by atoms with E-state index in [1.807, 2.05) is 13.8 Å². The minimum absolute atomic E-state index is 0.0926. The fourth-order valence-corrected chi connectivity index (χ4v) is 1.57. The predicted molar refractivity (Wildman–Crippen MR) is 62.4 cm³/mol. The molecule has 0 saturated heterocycles. The van der Waals surface area contributed by atoms with Gasteiger partial charge in [0.1, 0.15) is 11.9 Å². The van der Waals surface area contributed by atoms with E-state index in [2.05, 4.69) is 0 Å². The molecule has 0 spiro atoms. The molecule has 3 heteroatoms. The first-order chi connectivity index (χ1) is 7.69. The van der Waals surface area contributed by atoms with E-state index in [0.717, 1.165) is 12.0 Å². The van der Waals surface area contributed by atoms with E-state index in [-0.39, 0.29) is 11.5 Å². The van der Waals surface area contributed by atoms with E-state index >= 15 is 0 Å². The summed E-state index contributed by atoms with van der Waals surface area (Å²) in [6.45, 7) is 4.34. The summed E-state index contributed by atoms with van der Waals surface area (Å²) in [5.74, 6) is 0.289. The Balaban J connectivity index is 2.84. The summed E-state index contributed by atoms with van der Waals surface area (Å²) in [6.07, 6.45) is 0.844. The highest BCUT2D eigenvalue weighted by molar-refractivity contribution is 5.84. The van der Waals surface area contributed by atoms with Gasteiger partial charge in [0.2, 0.25) is 0 Å². The molecule has 0 aliphatic heterocycles. The second-order valence-electron chi connectivity index (χ2n) is 3.64. The summed E-state index contributed by atoms with van der Waals surface area (Å²) >= 11 is 0. The normalized spacial score (nSPS) is 12.4. The van der Waals surface area contributed by atoms with Gasteiger partial charge in [-0.1, -0.05) is 19.1 Å². The molecule has 0 heterocycles. The number of phenols is 1. The van der Waals surface area contributed by atoms with Gasteiger partial charge in [-0.05, 0) is 31.0 Å². The van der Waals surface area contributed by atoms with Crippen molar-refractivity contribution in [2.45, 2.75) is 32.8 Å². The van der Waals surface area contributed by atoms with Crippen LogP contribution in [0.3, 0.4) is 0 Å². The van der Waals surface area contributed by atoms with E-state index in [9.17, 15) is 9.90 Å². The summed E-state index contributed by atoms with van der Waals surface area (Å²) in [4.78, 5) is 11.8. The van der Waals surface area contributed by atoms with Crippen molar-refractivity contribution in [2.24, 2.45) is 0 Å². The van der Waals surface area contributed by atoms with Crippen molar-refractivity contribution < 1.29 is 14.6 Å². The number of phenolic OH excluding ortho intramolecular Hbond substituents is 1. The van der Waals surface area contributed by atoms with Crippen LogP contribution in [0.15, 0.2) is 24.3 Å². The van der Waals surface area contributed by atoms with Crippen molar-refractivity contribution in [2.75, 3.05) is 6.61 Å². The maximum absolute atomic E-state index is 11.8. The first kappa shape index (κ1) is 12.7. The number of hydrogen-bond donors (Lipinski definition) is 1. The molecule has 1 atom stereocenters. The molecule has 0 radical (unpaired) electrons. The van der Waals surface area contributed by atoms with Gasteiger partial charge in [0.25, 0.3) is 0 Å². The van der Waals surface area contributed by atoms with E-state index in [4.69, 9.17) is 4.74 Å². The van der Waals surface area contributed by atoms with Crippen LogP contribution in [-0.4, -0.2) is 17.5 Å². The number of carbonyl (C=O) groups is 1. The monoisotopic (exact) mass is 222 g/mol. The summed E-state index contributed by atoms with van der Waals surface area (Å²) in [5, 5.41) is 9.18. The molecule has 0 fully saturated rings. The van der Waals surface area contributed by atoms with E-state index in [1.165, 1.54) is 0 Å². The van der Waals surface area contributed by atoms with Crippen molar-refractivity contribution in [3.8, 4) is 5.75 Å². The van der Waals surface area contributed by atoms with Crippen LogP contribution in [0.25, 0.3) is 0 Å². The molecule has 88 valence electrons. The second kappa shape index (κ2) is 6.28. The number of Topliss-reactive ketones (excluding diaryl/α,β-unsaturated/α-hetero) is 1. The number of rotatable bonds is 6. The molecular formula is C13H18O3. The van der Waals surface area contributed by atoms with E-state index in [0.29, 0.717) is 13.0 Å². The summed E-state index contributed by atoms with van der Waals surface area (Å²) in [6, 6.07) is 6.59.